The summed E-state index contributed by atoms with van der Waals surface area (Å²) in [5, 5.41) is 5.52. The summed E-state index contributed by atoms with van der Waals surface area (Å²) in [6.07, 6.45) is 0.902. The topological polar surface area (TPSA) is 76.7 Å². The number of hydrogen-bond acceptors (Lipinski definition) is 4. The van der Waals surface area contributed by atoms with Crippen LogP contribution in [0.15, 0.2) is 42.5 Å². The zero-order chi connectivity index (χ0) is 16.9. The van der Waals surface area contributed by atoms with Gasteiger partial charge in [-0.05, 0) is 42.8 Å². The van der Waals surface area contributed by atoms with Crippen LogP contribution in [0.25, 0.3) is 0 Å². The van der Waals surface area contributed by atoms with Crippen LogP contribution in [0.2, 0.25) is 0 Å². The molecule has 2 aromatic rings. The van der Waals surface area contributed by atoms with Gasteiger partial charge in [-0.3, -0.25) is 9.59 Å². The first-order valence-electron chi connectivity index (χ1n) is 7.76. The molecule has 2 aromatic carbocycles. The number of carbonyl (C=O) groups is 2. The number of rotatable bonds is 5. The Balaban J connectivity index is 1.73. The van der Waals surface area contributed by atoms with E-state index in [9.17, 15) is 9.59 Å². The largest absolute Gasteiger partial charge is 0.494 e. The molecule has 1 heterocycles. The van der Waals surface area contributed by atoms with Crippen molar-refractivity contribution in [2.24, 2.45) is 0 Å². The van der Waals surface area contributed by atoms with Crippen LogP contribution in [0.5, 0.6) is 11.5 Å². The first kappa shape index (κ1) is 15.9. The van der Waals surface area contributed by atoms with Gasteiger partial charge >= 0.3 is 0 Å². The van der Waals surface area contributed by atoms with Crippen molar-refractivity contribution in [2.45, 2.75) is 13.3 Å². The maximum atomic E-state index is 12.4. The first-order valence-corrected chi connectivity index (χ1v) is 7.76. The molecule has 3 rings (SSSR count). The summed E-state index contributed by atoms with van der Waals surface area (Å²) in [6.45, 7) is 2.63. The Bertz CT molecular complexity index is 773. The van der Waals surface area contributed by atoms with Crippen LogP contribution in [-0.2, 0) is 4.79 Å². The number of nitrogens with one attached hydrogen (secondary N) is 2. The number of anilines is 2. The number of carbonyl (C=O) groups excluding carboxylic acids is 2. The van der Waals surface area contributed by atoms with Crippen LogP contribution >= 0.6 is 0 Å². The second kappa shape index (κ2) is 7.04. The molecule has 24 heavy (non-hydrogen) atoms. The summed E-state index contributed by atoms with van der Waals surface area (Å²) < 4.78 is 10.8. The van der Waals surface area contributed by atoms with Gasteiger partial charge in [0.05, 0.1) is 12.3 Å². The fourth-order valence-corrected chi connectivity index (χ4v) is 2.31. The summed E-state index contributed by atoms with van der Waals surface area (Å²) in [5.74, 6) is 0.782. The number of amides is 2. The highest BCUT2D eigenvalue weighted by Gasteiger charge is 2.16. The minimum atomic E-state index is -0.250. The van der Waals surface area contributed by atoms with E-state index >= 15 is 0 Å². The molecule has 1 aliphatic heterocycles. The number of hydrogen-bond donors (Lipinski definition) is 2. The molecule has 0 atom stereocenters. The van der Waals surface area contributed by atoms with Crippen molar-refractivity contribution >= 4 is 23.2 Å². The number of fused-ring (bicyclic) bond motifs is 1. The molecular weight excluding hydrogens is 308 g/mol. The van der Waals surface area contributed by atoms with Gasteiger partial charge in [-0.25, -0.2) is 0 Å². The highest BCUT2D eigenvalue weighted by atomic mass is 16.5. The summed E-state index contributed by atoms with van der Waals surface area (Å²) in [7, 11) is 0. The molecule has 0 unspecified atom stereocenters. The van der Waals surface area contributed by atoms with Crippen molar-refractivity contribution < 1.29 is 19.1 Å². The average molecular weight is 326 g/mol. The van der Waals surface area contributed by atoms with Crippen LogP contribution in [0.1, 0.15) is 23.7 Å². The Hall–Kier alpha value is -3.02. The molecule has 0 spiro atoms. The normalized spacial score (nSPS) is 12.6. The van der Waals surface area contributed by atoms with E-state index < -0.39 is 0 Å². The standard InChI is InChI=1S/C18H18N2O4/c1-2-8-23-14-5-3-4-12(9-14)18(22)19-13-6-7-16-15(10-13)20-17(21)11-24-16/h3-7,9-10H,2,8,11H2,1H3,(H,19,22)(H,20,21). The molecule has 0 fully saturated rings. The Labute approximate surface area is 139 Å². The van der Waals surface area contributed by atoms with Gasteiger partial charge in [0.25, 0.3) is 11.8 Å². The molecular formula is C18H18N2O4. The predicted molar refractivity (Wildman–Crippen MR) is 90.7 cm³/mol. The Kier molecular flexibility index (Phi) is 4.65. The highest BCUT2D eigenvalue weighted by molar-refractivity contribution is 6.05. The van der Waals surface area contributed by atoms with E-state index in [0.717, 1.165) is 6.42 Å². The minimum Gasteiger partial charge on any atom is -0.494 e. The molecule has 2 N–H and O–H groups in total. The maximum absolute atomic E-state index is 12.4. The van der Waals surface area contributed by atoms with Crippen molar-refractivity contribution in [1.29, 1.82) is 0 Å². The molecule has 0 saturated carbocycles. The van der Waals surface area contributed by atoms with Gasteiger partial charge in [-0.2, -0.15) is 0 Å². The third-order valence-corrected chi connectivity index (χ3v) is 3.44. The van der Waals surface area contributed by atoms with Crippen molar-refractivity contribution in [2.75, 3.05) is 23.8 Å². The first-order chi connectivity index (χ1) is 11.7. The lowest BCUT2D eigenvalue weighted by Gasteiger charge is -2.18. The second-order valence-corrected chi connectivity index (χ2v) is 5.38. The molecule has 0 saturated heterocycles. The highest BCUT2D eigenvalue weighted by Crippen LogP contribution is 2.30. The molecule has 0 radical (unpaired) electrons. The van der Waals surface area contributed by atoms with E-state index in [1.807, 2.05) is 13.0 Å². The van der Waals surface area contributed by atoms with E-state index in [2.05, 4.69) is 10.6 Å². The Morgan fingerprint density at radius 1 is 1.29 bits per heavy atom. The number of ether oxygens (including phenoxy) is 2. The molecule has 6 heteroatoms. The molecule has 0 aliphatic carbocycles. The smallest absolute Gasteiger partial charge is 0.262 e. The SMILES string of the molecule is CCCOc1cccc(C(=O)Nc2ccc3c(c2)NC(=O)CO3)c1. The lowest BCUT2D eigenvalue weighted by Crippen LogP contribution is -2.25. The van der Waals surface area contributed by atoms with Crippen molar-refractivity contribution in [1.82, 2.24) is 0 Å². The van der Waals surface area contributed by atoms with Crippen molar-refractivity contribution in [3.8, 4) is 11.5 Å². The van der Waals surface area contributed by atoms with Crippen molar-refractivity contribution in [3.05, 3.63) is 48.0 Å². The average Bonchev–Trinajstić information content (AvgIpc) is 2.60. The van der Waals surface area contributed by atoms with Gasteiger partial charge in [0.15, 0.2) is 6.61 Å². The quantitative estimate of drug-likeness (QED) is 0.885. The van der Waals surface area contributed by atoms with E-state index in [-0.39, 0.29) is 18.4 Å². The summed E-state index contributed by atoms with van der Waals surface area (Å²) >= 11 is 0. The molecule has 0 aromatic heterocycles. The van der Waals surface area contributed by atoms with E-state index in [1.54, 1.807) is 36.4 Å². The lowest BCUT2D eigenvalue weighted by atomic mass is 10.2. The Morgan fingerprint density at radius 2 is 2.17 bits per heavy atom. The monoisotopic (exact) mass is 326 g/mol. The van der Waals surface area contributed by atoms with Gasteiger partial charge in [0.1, 0.15) is 11.5 Å². The third-order valence-electron chi connectivity index (χ3n) is 3.44. The van der Waals surface area contributed by atoms with E-state index in [4.69, 9.17) is 9.47 Å². The third kappa shape index (κ3) is 3.65. The Morgan fingerprint density at radius 3 is 3.00 bits per heavy atom. The predicted octanol–water partition coefficient (Wildman–Crippen LogP) is 3.06. The molecule has 6 nitrogen and oxygen atoms in total. The van der Waals surface area contributed by atoms with E-state index in [0.29, 0.717) is 35.0 Å². The van der Waals surface area contributed by atoms with Crippen LogP contribution in [0.3, 0.4) is 0 Å². The van der Waals surface area contributed by atoms with Gasteiger partial charge in [-0.1, -0.05) is 13.0 Å². The van der Waals surface area contributed by atoms with E-state index in [1.165, 1.54) is 0 Å². The second-order valence-electron chi connectivity index (χ2n) is 5.38. The van der Waals surface area contributed by atoms with Crippen molar-refractivity contribution in [3.63, 3.8) is 0 Å². The van der Waals surface area contributed by atoms with Gasteiger partial charge in [-0.15, -0.1) is 0 Å². The minimum absolute atomic E-state index is 0.00323. The lowest BCUT2D eigenvalue weighted by molar-refractivity contribution is -0.118. The van der Waals surface area contributed by atoms with Crippen LogP contribution in [0.4, 0.5) is 11.4 Å². The van der Waals surface area contributed by atoms with Gasteiger partial charge in [0.2, 0.25) is 0 Å². The molecule has 0 bridgehead atoms. The summed E-state index contributed by atoms with van der Waals surface area (Å²) in [5.41, 5.74) is 1.62. The number of benzene rings is 2. The van der Waals surface area contributed by atoms with Crippen LogP contribution in [-0.4, -0.2) is 25.0 Å². The molecule has 2 amide bonds. The van der Waals surface area contributed by atoms with Crippen LogP contribution in [0, 0.1) is 0 Å². The van der Waals surface area contributed by atoms with Crippen LogP contribution < -0.4 is 20.1 Å². The zero-order valence-electron chi connectivity index (χ0n) is 13.3. The molecule has 1 aliphatic rings. The maximum Gasteiger partial charge on any atom is 0.262 e. The fourth-order valence-electron chi connectivity index (χ4n) is 2.31. The van der Waals surface area contributed by atoms with Gasteiger partial charge in [0, 0.05) is 11.3 Å². The molecule has 124 valence electrons. The fraction of sp³-hybridized carbons (Fsp3) is 0.222. The van der Waals surface area contributed by atoms with Gasteiger partial charge < -0.3 is 20.1 Å². The zero-order valence-corrected chi connectivity index (χ0v) is 13.3. The summed E-state index contributed by atoms with van der Waals surface area (Å²) in [4.78, 5) is 23.8. The summed E-state index contributed by atoms with van der Waals surface area (Å²) in [6, 6.07) is 12.1.